The van der Waals surface area contributed by atoms with Crippen LogP contribution < -0.4 is 10.4 Å². The van der Waals surface area contributed by atoms with Gasteiger partial charge < -0.3 is 4.90 Å². The van der Waals surface area contributed by atoms with E-state index >= 15 is 0 Å². The van der Waals surface area contributed by atoms with Crippen LogP contribution >= 0.6 is 0 Å². The van der Waals surface area contributed by atoms with Gasteiger partial charge in [0, 0.05) is 50.7 Å². The molecule has 1 aromatic carbocycles. The van der Waals surface area contributed by atoms with E-state index in [1.54, 1.807) is 11.6 Å². The first-order valence-corrected chi connectivity index (χ1v) is 9.07. The van der Waals surface area contributed by atoms with Crippen LogP contribution in [0.4, 0.5) is 18.9 Å². The molecular weight excluding hydrogens is 385 g/mol. The molecule has 1 saturated heterocycles. The summed E-state index contributed by atoms with van der Waals surface area (Å²) in [6.07, 6.45) is -0.251. The summed E-state index contributed by atoms with van der Waals surface area (Å²) in [5, 5.41) is 8.61. The average Bonchev–Trinajstić information content (AvgIpc) is 2.72. The van der Waals surface area contributed by atoms with Crippen LogP contribution in [0.3, 0.4) is 0 Å². The molecule has 0 bridgehead atoms. The summed E-state index contributed by atoms with van der Waals surface area (Å²) in [5.74, 6) is -0.602. The molecule has 0 unspecified atom stereocenters. The average molecular weight is 406 g/mol. The monoisotopic (exact) mass is 406 g/mol. The van der Waals surface area contributed by atoms with Crippen molar-refractivity contribution >= 4 is 17.7 Å². The standard InChI is InChI=1S/C20H21F3N4O2/c21-20(22,23)18-7-5-15(13-24-18)14-26-9-11-27(12-10-26)17-4-2-1-3-16(17)6-8-19(28)25-29/h1-8,13,29H,9-12,14H2,(H,25,28)/b8-6+. The van der Waals surface area contributed by atoms with E-state index in [0.29, 0.717) is 6.54 Å². The number of benzene rings is 1. The topological polar surface area (TPSA) is 68.7 Å². The first-order chi connectivity index (χ1) is 13.9. The Kier molecular flexibility index (Phi) is 6.50. The fourth-order valence-electron chi connectivity index (χ4n) is 3.21. The molecule has 0 spiro atoms. The normalized spacial score (nSPS) is 15.7. The second-order valence-corrected chi connectivity index (χ2v) is 6.68. The maximum Gasteiger partial charge on any atom is 0.433 e. The molecule has 154 valence electrons. The van der Waals surface area contributed by atoms with Gasteiger partial charge in [0.1, 0.15) is 5.69 Å². The molecular formula is C20H21F3N4O2. The fourth-order valence-corrected chi connectivity index (χ4v) is 3.21. The van der Waals surface area contributed by atoms with E-state index in [1.165, 1.54) is 18.3 Å². The van der Waals surface area contributed by atoms with Crippen molar-refractivity contribution in [1.29, 1.82) is 0 Å². The number of anilines is 1. The lowest BCUT2D eigenvalue weighted by Crippen LogP contribution is -2.46. The van der Waals surface area contributed by atoms with Gasteiger partial charge in [-0.2, -0.15) is 13.2 Å². The van der Waals surface area contributed by atoms with Crippen molar-refractivity contribution in [3.05, 3.63) is 65.5 Å². The van der Waals surface area contributed by atoms with Crippen LogP contribution in [-0.2, 0) is 17.5 Å². The van der Waals surface area contributed by atoms with E-state index < -0.39 is 17.8 Å². The first-order valence-electron chi connectivity index (χ1n) is 9.07. The van der Waals surface area contributed by atoms with Crippen molar-refractivity contribution in [3.63, 3.8) is 0 Å². The molecule has 1 amide bonds. The van der Waals surface area contributed by atoms with E-state index in [4.69, 9.17) is 5.21 Å². The van der Waals surface area contributed by atoms with Crippen molar-refractivity contribution in [2.45, 2.75) is 12.7 Å². The van der Waals surface area contributed by atoms with Crippen LogP contribution in [0.5, 0.6) is 0 Å². The van der Waals surface area contributed by atoms with Crippen molar-refractivity contribution in [2.75, 3.05) is 31.1 Å². The summed E-state index contributed by atoms with van der Waals surface area (Å²) in [6, 6.07) is 10.1. The number of rotatable bonds is 5. The highest BCUT2D eigenvalue weighted by Crippen LogP contribution is 2.27. The van der Waals surface area contributed by atoms with Crippen LogP contribution in [0, 0.1) is 0 Å². The van der Waals surface area contributed by atoms with E-state index in [9.17, 15) is 18.0 Å². The number of carbonyl (C=O) groups is 1. The number of nitrogens with zero attached hydrogens (tertiary/aromatic N) is 3. The molecule has 2 N–H and O–H groups in total. The Morgan fingerprint density at radius 2 is 1.86 bits per heavy atom. The Balaban J connectivity index is 1.60. The summed E-state index contributed by atoms with van der Waals surface area (Å²) in [7, 11) is 0. The highest BCUT2D eigenvalue weighted by atomic mass is 19.4. The van der Waals surface area contributed by atoms with Gasteiger partial charge in [0.05, 0.1) is 0 Å². The van der Waals surface area contributed by atoms with Crippen molar-refractivity contribution in [2.24, 2.45) is 0 Å². The van der Waals surface area contributed by atoms with Gasteiger partial charge in [0.15, 0.2) is 0 Å². The highest BCUT2D eigenvalue weighted by molar-refractivity contribution is 5.91. The van der Waals surface area contributed by atoms with Crippen LogP contribution in [0.25, 0.3) is 6.08 Å². The SMILES string of the molecule is O=C(/C=C/c1ccccc1N1CCN(Cc2ccc(C(F)(F)F)nc2)CC1)NO. The van der Waals surface area contributed by atoms with Gasteiger partial charge in [-0.05, 0) is 29.3 Å². The summed E-state index contributed by atoms with van der Waals surface area (Å²) < 4.78 is 37.8. The number of hydrogen-bond donors (Lipinski definition) is 2. The number of hydroxylamine groups is 1. The number of nitrogens with one attached hydrogen (secondary N) is 1. The number of alkyl halides is 3. The molecule has 0 aliphatic carbocycles. The lowest BCUT2D eigenvalue weighted by Gasteiger charge is -2.36. The second-order valence-electron chi connectivity index (χ2n) is 6.68. The molecule has 1 aliphatic heterocycles. The quantitative estimate of drug-likeness (QED) is 0.454. The Hall–Kier alpha value is -2.91. The zero-order valence-electron chi connectivity index (χ0n) is 15.6. The van der Waals surface area contributed by atoms with E-state index in [-0.39, 0.29) is 0 Å². The van der Waals surface area contributed by atoms with E-state index in [0.717, 1.165) is 49.1 Å². The molecule has 6 nitrogen and oxygen atoms in total. The molecule has 2 heterocycles. The fraction of sp³-hybridized carbons (Fsp3) is 0.300. The summed E-state index contributed by atoms with van der Waals surface area (Å²) in [4.78, 5) is 19.1. The molecule has 9 heteroatoms. The number of piperazine rings is 1. The Bertz CT molecular complexity index is 861. The Labute approximate surface area is 166 Å². The van der Waals surface area contributed by atoms with Crippen molar-refractivity contribution in [1.82, 2.24) is 15.4 Å². The Morgan fingerprint density at radius 1 is 1.14 bits per heavy atom. The molecule has 0 atom stereocenters. The van der Waals surface area contributed by atoms with Crippen LogP contribution in [0.15, 0.2) is 48.7 Å². The second kappa shape index (κ2) is 9.06. The number of amides is 1. The third kappa shape index (κ3) is 5.55. The van der Waals surface area contributed by atoms with Gasteiger partial charge in [-0.3, -0.25) is 19.9 Å². The molecule has 3 rings (SSSR count). The van der Waals surface area contributed by atoms with Crippen LogP contribution in [0.2, 0.25) is 0 Å². The number of aromatic nitrogens is 1. The smallest absolute Gasteiger partial charge is 0.368 e. The lowest BCUT2D eigenvalue weighted by atomic mass is 10.1. The molecule has 1 fully saturated rings. The minimum Gasteiger partial charge on any atom is -0.368 e. The van der Waals surface area contributed by atoms with Gasteiger partial charge >= 0.3 is 6.18 Å². The number of para-hydroxylation sites is 1. The predicted octanol–water partition coefficient (Wildman–Crippen LogP) is 2.94. The van der Waals surface area contributed by atoms with E-state index in [1.807, 2.05) is 24.3 Å². The van der Waals surface area contributed by atoms with Gasteiger partial charge in [0.25, 0.3) is 5.91 Å². The minimum absolute atomic E-state index is 0.539. The molecule has 1 aliphatic rings. The maximum atomic E-state index is 12.6. The van der Waals surface area contributed by atoms with Crippen molar-refractivity contribution in [3.8, 4) is 0 Å². The van der Waals surface area contributed by atoms with Gasteiger partial charge in [-0.1, -0.05) is 24.3 Å². The number of carbonyl (C=O) groups excluding carboxylic acids is 1. The van der Waals surface area contributed by atoms with Gasteiger partial charge in [0.2, 0.25) is 0 Å². The minimum atomic E-state index is -4.43. The number of hydrogen-bond acceptors (Lipinski definition) is 5. The largest absolute Gasteiger partial charge is 0.433 e. The Morgan fingerprint density at radius 3 is 2.48 bits per heavy atom. The van der Waals surface area contributed by atoms with Gasteiger partial charge in [-0.15, -0.1) is 0 Å². The zero-order chi connectivity index (χ0) is 20.9. The number of halogens is 3. The van der Waals surface area contributed by atoms with Crippen molar-refractivity contribution < 1.29 is 23.2 Å². The van der Waals surface area contributed by atoms with E-state index in [2.05, 4.69) is 14.8 Å². The third-order valence-electron chi connectivity index (χ3n) is 4.70. The zero-order valence-corrected chi connectivity index (χ0v) is 15.6. The number of pyridine rings is 1. The third-order valence-corrected chi connectivity index (χ3v) is 4.70. The van der Waals surface area contributed by atoms with Crippen LogP contribution in [0.1, 0.15) is 16.8 Å². The highest BCUT2D eigenvalue weighted by Gasteiger charge is 2.32. The molecule has 0 saturated carbocycles. The lowest BCUT2D eigenvalue weighted by molar-refractivity contribution is -0.141. The summed E-state index contributed by atoms with van der Waals surface area (Å²) in [6.45, 7) is 3.51. The maximum absolute atomic E-state index is 12.6. The molecule has 1 aromatic heterocycles. The summed E-state index contributed by atoms with van der Waals surface area (Å²) >= 11 is 0. The molecule has 2 aromatic rings. The molecule has 0 radical (unpaired) electrons. The van der Waals surface area contributed by atoms with Crippen LogP contribution in [-0.4, -0.2) is 47.2 Å². The van der Waals surface area contributed by atoms with Gasteiger partial charge in [-0.25, -0.2) is 5.48 Å². The predicted molar refractivity (Wildman–Crippen MR) is 102 cm³/mol. The molecule has 29 heavy (non-hydrogen) atoms. The summed E-state index contributed by atoms with van der Waals surface area (Å²) in [5.41, 5.74) is 3.25. The first kappa shape index (κ1) is 20.8.